The second-order valence-corrected chi connectivity index (χ2v) is 3.02. The summed E-state index contributed by atoms with van der Waals surface area (Å²) in [5, 5.41) is 8.71. The predicted octanol–water partition coefficient (Wildman–Crippen LogP) is 2.29. The highest BCUT2D eigenvalue weighted by Crippen LogP contribution is 2.17. The largest absolute Gasteiger partial charge is 0.251 e. The summed E-state index contributed by atoms with van der Waals surface area (Å²) < 4.78 is 13.3. The first-order valence-corrected chi connectivity index (χ1v) is 4.10. The van der Waals surface area contributed by atoms with Crippen molar-refractivity contribution in [3.05, 3.63) is 34.9 Å². The third kappa shape index (κ3) is 1.38. The number of nitriles is 1. The molecule has 3 nitrogen and oxygen atoms in total. The normalized spacial score (nSPS) is 10.1. The third-order valence-corrected chi connectivity index (χ3v) is 1.88. The smallest absolute Gasteiger partial charge is 0.152 e. The molecule has 0 bridgehead atoms. The van der Waals surface area contributed by atoms with Crippen molar-refractivity contribution in [3.8, 4) is 6.07 Å². The molecule has 0 fully saturated rings. The highest BCUT2D eigenvalue weighted by Gasteiger charge is 2.06. The minimum absolute atomic E-state index is 0.0801. The molecule has 2 rings (SSSR count). The van der Waals surface area contributed by atoms with Crippen molar-refractivity contribution in [1.82, 2.24) is 9.97 Å². The molecule has 1 heterocycles. The van der Waals surface area contributed by atoms with Crippen LogP contribution in [0.3, 0.4) is 0 Å². The molecule has 1 aromatic carbocycles. The Morgan fingerprint density at radius 3 is 2.93 bits per heavy atom. The molecule has 0 unspecified atom stereocenters. The van der Waals surface area contributed by atoms with E-state index in [1.165, 1.54) is 12.3 Å². The molecule has 2 aromatic rings. The number of aromatic nitrogens is 2. The summed E-state index contributed by atoms with van der Waals surface area (Å²) in [5.41, 5.74) is 0.620. The van der Waals surface area contributed by atoms with E-state index in [1.807, 2.05) is 6.07 Å². The number of nitrogens with zero attached hydrogens (tertiary/aromatic N) is 3. The van der Waals surface area contributed by atoms with Crippen LogP contribution in [0.15, 0.2) is 18.3 Å². The van der Waals surface area contributed by atoms with Gasteiger partial charge in [0.2, 0.25) is 0 Å². The predicted molar refractivity (Wildman–Crippen MR) is 49.2 cm³/mol. The Balaban J connectivity index is 2.84. The summed E-state index contributed by atoms with van der Waals surface area (Å²) in [6, 6.07) is 4.40. The summed E-state index contributed by atoms with van der Waals surface area (Å²) in [7, 11) is 0. The van der Waals surface area contributed by atoms with Crippen LogP contribution in [-0.2, 0) is 0 Å². The molecule has 0 atom stereocenters. The zero-order valence-electron chi connectivity index (χ0n) is 6.83. The van der Waals surface area contributed by atoms with E-state index in [-0.39, 0.29) is 16.2 Å². The van der Waals surface area contributed by atoms with Gasteiger partial charge in [0.25, 0.3) is 0 Å². The van der Waals surface area contributed by atoms with Gasteiger partial charge in [-0.3, -0.25) is 4.98 Å². The highest BCUT2D eigenvalue weighted by atomic mass is 35.5. The van der Waals surface area contributed by atoms with Crippen LogP contribution in [0, 0.1) is 17.1 Å². The molecule has 0 N–H and O–H groups in total. The van der Waals surface area contributed by atoms with Gasteiger partial charge in [0.1, 0.15) is 10.7 Å². The molecule has 0 aliphatic rings. The summed E-state index contributed by atoms with van der Waals surface area (Å²) in [5.74, 6) is -0.589. The number of benzene rings is 1. The molecule has 0 saturated heterocycles. The second kappa shape index (κ2) is 3.20. The van der Waals surface area contributed by atoms with Crippen LogP contribution in [0.5, 0.6) is 0 Å². The highest BCUT2D eigenvalue weighted by molar-refractivity contribution is 6.29. The van der Waals surface area contributed by atoms with Gasteiger partial charge < -0.3 is 0 Å². The topological polar surface area (TPSA) is 49.6 Å². The van der Waals surface area contributed by atoms with Gasteiger partial charge in [-0.05, 0) is 12.1 Å². The average molecular weight is 208 g/mol. The lowest BCUT2D eigenvalue weighted by atomic mass is 10.2. The van der Waals surface area contributed by atoms with Crippen LogP contribution in [-0.4, -0.2) is 9.97 Å². The summed E-state index contributed by atoms with van der Waals surface area (Å²) in [6.07, 6.45) is 1.31. The zero-order valence-corrected chi connectivity index (χ0v) is 7.59. The minimum Gasteiger partial charge on any atom is -0.251 e. The van der Waals surface area contributed by atoms with Crippen LogP contribution in [0.4, 0.5) is 4.39 Å². The molecular formula is C9H3ClFN3. The first-order chi connectivity index (χ1) is 6.70. The molecule has 1 aromatic heterocycles. The van der Waals surface area contributed by atoms with Crippen molar-refractivity contribution in [2.24, 2.45) is 0 Å². The van der Waals surface area contributed by atoms with E-state index < -0.39 is 5.82 Å². The molecule has 14 heavy (non-hydrogen) atoms. The lowest BCUT2D eigenvalue weighted by molar-refractivity contribution is 0.636. The molecule has 5 heteroatoms. The first-order valence-electron chi connectivity index (χ1n) is 3.72. The Hall–Kier alpha value is -1.73. The lowest BCUT2D eigenvalue weighted by Gasteiger charge is -1.98. The Morgan fingerprint density at radius 2 is 2.21 bits per heavy atom. The van der Waals surface area contributed by atoms with E-state index in [1.54, 1.807) is 0 Å². The molecule has 0 spiro atoms. The van der Waals surface area contributed by atoms with Crippen molar-refractivity contribution in [1.29, 1.82) is 5.26 Å². The maximum Gasteiger partial charge on any atom is 0.152 e. The number of hydrogen-bond acceptors (Lipinski definition) is 3. The summed E-state index contributed by atoms with van der Waals surface area (Å²) in [6.45, 7) is 0. The van der Waals surface area contributed by atoms with Crippen molar-refractivity contribution >= 4 is 22.6 Å². The van der Waals surface area contributed by atoms with E-state index in [0.29, 0.717) is 5.52 Å². The minimum atomic E-state index is -0.589. The molecule has 0 aliphatic heterocycles. The van der Waals surface area contributed by atoms with E-state index in [0.717, 1.165) is 6.07 Å². The Morgan fingerprint density at radius 1 is 1.43 bits per heavy atom. The van der Waals surface area contributed by atoms with Crippen LogP contribution < -0.4 is 0 Å². The van der Waals surface area contributed by atoms with Gasteiger partial charge in [-0.15, -0.1) is 0 Å². The third-order valence-electron chi connectivity index (χ3n) is 1.70. The Labute approximate surface area is 83.8 Å². The van der Waals surface area contributed by atoms with Gasteiger partial charge in [-0.1, -0.05) is 11.6 Å². The lowest BCUT2D eigenvalue weighted by Crippen LogP contribution is -1.90. The number of rotatable bonds is 0. The van der Waals surface area contributed by atoms with Crippen LogP contribution >= 0.6 is 11.6 Å². The molecule has 68 valence electrons. The maximum absolute atomic E-state index is 13.3. The fourth-order valence-electron chi connectivity index (χ4n) is 1.12. The number of hydrogen-bond donors (Lipinski definition) is 0. The van der Waals surface area contributed by atoms with Gasteiger partial charge in [-0.25, -0.2) is 9.37 Å². The van der Waals surface area contributed by atoms with Crippen molar-refractivity contribution in [2.75, 3.05) is 0 Å². The van der Waals surface area contributed by atoms with Gasteiger partial charge in [-0.2, -0.15) is 5.26 Å². The summed E-state index contributed by atoms with van der Waals surface area (Å²) in [4.78, 5) is 7.63. The average Bonchev–Trinajstić information content (AvgIpc) is 2.19. The van der Waals surface area contributed by atoms with Crippen molar-refractivity contribution < 1.29 is 4.39 Å². The summed E-state index contributed by atoms with van der Waals surface area (Å²) >= 11 is 5.56. The Kier molecular flexibility index (Phi) is 2.02. The van der Waals surface area contributed by atoms with E-state index in [2.05, 4.69) is 9.97 Å². The van der Waals surface area contributed by atoms with E-state index in [4.69, 9.17) is 16.9 Å². The SMILES string of the molecule is N#Cc1cc(F)c2nc(Cl)cnc2c1. The van der Waals surface area contributed by atoms with Gasteiger partial charge in [0, 0.05) is 0 Å². The van der Waals surface area contributed by atoms with Crippen LogP contribution in [0.25, 0.3) is 11.0 Å². The number of halogens is 2. The van der Waals surface area contributed by atoms with E-state index >= 15 is 0 Å². The standard InChI is InChI=1S/C9H3ClFN3/c10-8-4-13-7-2-5(3-12)1-6(11)9(7)14-8/h1-2,4H. The molecule has 0 aliphatic carbocycles. The van der Waals surface area contributed by atoms with Crippen molar-refractivity contribution in [3.63, 3.8) is 0 Å². The molecule has 0 amide bonds. The monoisotopic (exact) mass is 207 g/mol. The molecule has 0 radical (unpaired) electrons. The van der Waals surface area contributed by atoms with Crippen LogP contribution in [0.2, 0.25) is 5.15 Å². The van der Waals surface area contributed by atoms with Crippen LogP contribution in [0.1, 0.15) is 5.56 Å². The quantitative estimate of drug-likeness (QED) is 0.666. The first kappa shape index (κ1) is 8.85. The van der Waals surface area contributed by atoms with Gasteiger partial charge in [0.15, 0.2) is 5.82 Å². The van der Waals surface area contributed by atoms with E-state index in [9.17, 15) is 4.39 Å². The fourth-order valence-corrected chi connectivity index (χ4v) is 1.25. The van der Waals surface area contributed by atoms with Gasteiger partial charge >= 0.3 is 0 Å². The Bertz CT molecular complexity index is 547. The molecule has 0 saturated carbocycles. The molecular weight excluding hydrogens is 205 g/mol. The fraction of sp³-hybridized carbons (Fsp3) is 0. The second-order valence-electron chi connectivity index (χ2n) is 2.63. The number of fused-ring (bicyclic) bond motifs is 1. The van der Waals surface area contributed by atoms with Crippen molar-refractivity contribution in [2.45, 2.75) is 0 Å². The van der Waals surface area contributed by atoms with Gasteiger partial charge in [0.05, 0.1) is 23.3 Å². The zero-order chi connectivity index (χ0) is 10.1. The maximum atomic E-state index is 13.3.